The van der Waals surface area contributed by atoms with Gasteiger partial charge in [-0.1, -0.05) is 37.5 Å². The van der Waals surface area contributed by atoms with Gasteiger partial charge in [-0.25, -0.2) is 0 Å². The van der Waals surface area contributed by atoms with Gasteiger partial charge in [0.15, 0.2) is 11.5 Å². The molecule has 38 heavy (non-hydrogen) atoms. The smallest absolute Gasteiger partial charge is 0.272 e. The highest BCUT2D eigenvalue weighted by Gasteiger charge is 2.40. The number of benzene rings is 2. The molecule has 2 aliphatic rings. The Morgan fingerprint density at radius 3 is 2.34 bits per heavy atom. The molecule has 9 heteroatoms. The van der Waals surface area contributed by atoms with Crippen molar-refractivity contribution in [2.75, 3.05) is 25.7 Å². The molecule has 1 N–H and O–H groups in total. The van der Waals surface area contributed by atoms with Crippen molar-refractivity contribution in [3.8, 4) is 23.0 Å². The SMILES string of the molecule is COc1cc(OC)cc(N(C(=O)[C@@H]2COc3ccccc3O2)[C@H](C(=O)NC2CCCCC2)c2cccs2)c1. The summed E-state index contributed by atoms with van der Waals surface area (Å²) in [4.78, 5) is 30.5. The normalized spacial score (nSPS) is 17.8. The number of fused-ring (bicyclic) bond motifs is 1. The lowest BCUT2D eigenvalue weighted by Gasteiger charge is -2.36. The number of anilines is 1. The fourth-order valence-corrected chi connectivity index (χ4v) is 5.79. The predicted octanol–water partition coefficient (Wildman–Crippen LogP) is 5.13. The minimum absolute atomic E-state index is 0.0227. The predicted molar refractivity (Wildman–Crippen MR) is 145 cm³/mol. The van der Waals surface area contributed by atoms with Gasteiger partial charge in [-0.3, -0.25) is 14.5 Å². The number of ether oxygens (including phenoxy) is 4. The Hall–Kier alpha value is -3.72. The number of thiophene rings is 1. The summed E-state index contributed by atoms with van der Waals surface area (Å²) in [6, 6.07) is 15.3. The minimum Gasteiger partial charge on any atom is -0.497 e. The molecule has 2 amide bonds. The van der Waals surface area contributed by atoms with Crippen molar-refractivity contribution in [1.29, 1.82) is 0 Å². The molecule has 3 aromatic rings. The van der Waals surface area contributed by atoms with E-state index in [1.165, 1.54) is 22.7 Å². The molecule has 0 unspecified atom stereocenters. The number of carbonyl (C=O) groups is 2. The Bertz CT molecular complexity index is 1240. The number of hydrogen-bond acceptors (Lipinski definition) is 7. The van der Waals surface area contributed by atoms with E-state index in [0.29, 0.717) is 28.7 Å². The van der Waals surface area contributed by atoms with Gasteiger partial charge < -0.3 is 24.3 Å². The van der Waals surface area contributed by atoms with Crippen molar-refractivity contribution in [3.63, 3.8) is 0 Å². The molecule has 200 valence electrons. The van der Waals surface area contributed by atoms with Crippen LogP contribution in [0.1, 0.15) is 43.0 Å². The van der Waals surface area contributed by atoms with E-state index in [2.05, 4.69) is 5.32 Å². The number of methoxy groups -OCH3 is 2. The molecular weight excluding hydrogens is 504 g/mol. The minimum atomic E-state index is -0.952. The average molecular weight is 537 g/mol. The van der Waals surface area contributed by atoms with Crippen LogP contribution in [-0.2, 0) is 9.59 Å². The summed E-state index contributed by atoms with van der Waals surface area (Å²) in [5, 5.41) is 5.13. The first-order chi connectivity index (χ1) is 18.6. The molecule has 2 aromatic carbocycles. The van der Waals surface area contributed by atoms with Gasteiger partial charge >= 0.3 is 0 Å². The molecule has 2 atom stereocenters. The van der Waals surface area contributed by atoms with Crippen molar-refractivity contribution >= 4 is 28.8 Å². The Morgan fingerprint density at radius 1 is 0.974 bits per heavy atom. The largest absolute Gasteiger partial charge is 0.497 e. The summed E-state index contributed by atoms with van der Waals surface area (Å²) in [5.74, 6) is 1.44. The lowest BCUT2D eigenvalue weighted by Crippen LogP contribution is -2.52. The quantitative estimate of drug-likeness (QED) is 0.430. The summed E-state index contributed by atoms with van der Waals surface area (Å²) in [6.45, 7) is 0.0227. The van der Waals surface area contributed by atoms with E-state index in [1.807, 2.05) is 29.6 Å². The summed E-state index contributed by atoms with van der Waals surface area (Å²) in [5.41, 5.74) is 0.464. The highest BCUT2D eigenvalue weighted by molar-refractivity contribution is 7.10. The molecule has 0 radical (unpaired) electrons. The highest BCUT2D eigenvalue weighted by Crippen LogP contribution is 2.38. The number of carbonyl (C=O) groups excluding carboxylic acids is 2. The number of amides is 2. The maximum atomic E-state index is 14.3. The van der Waals surface area contributed by atoms with Gasteiger partial charge in [-0.2, -0.15) is 0 Å². The second kappa shape index (κ2) is 11.8. The highest BCUT2D eigenvalue weighted by atomic mass is 32.1. The van der Waals surface area contributed by atoms with Crippen LogP contribution in [0, 0.1) is 0 Å². The first-order valence-corrected chi connectivity index (χ1v) is 13.7. The van der Waals surface area contributed by atoms with Gasteiger partial charge in [-0.05, 0) is 36.4 Å². The molecule has 8 nitrogen and oxygen atoms in total. The van der Waals surface area contributed by atoms with E-state index in [0.717, 1.165) is 30.6 Å². The summed E-state index contributed by atoms with van der Waals surface area (Å²) in [7, 11) is 3.10. The maximum Gasteiger partial charge on any atom is 0.272 e. The van der Waals surface area contributed by atoms with Crippen LogP contribution in [0.5, 0.6) is 23.0 Å². The zero-order valence-electron chi connectivity index (χ0n) is 21.6. The Kier molecular flexibility index (Phi) is 8.03. The monoisotopic (exact) mass is 536 g/mol. The lowest BCUT2D eigenvalue weighted by atomic mass is 9.95. The van der Waals surface area contributed by atoms with Crippen molar-refractivity contribution in [2.24, 2.45) is 0 Å². The third-order valence-electron chi connectivity index (χ3n) is 6.91. The lowest BCUT2D eigenvalue weighted by molar-refractivity contribution is -0.132. The van der Waals surface area contributed by atoms with E-state index in [1.54, 1.807) is 44.6 Å². The second-order valence-corrected chi connectivity index (χ2v) is 10.4. The van der Waals surface area contributed by atoms with Gasteiger partial charge in [0, 0.05) is 29.1 Å². The van der Waals surface area contributed by atoms with Crippen LogP contribution in [0.15, 0.2) is 60.0 Å². The van der Waals surface area contributed by atoms with Gasteiger partial charge in [0.2, 0.25) is 12.0 Å². The molecule has 1 aliphatic heterocycles. The molecule has 0 bridgehead atoms. The van der Waals surface area contributed by atoms with E-state index in [4.69, 9.17) is 18.9 Å². The van der Waals surface area contributed by atoms with E-state index in [9.17, 15) is 9.59 Å². The zero-order chi connectivity index (χ0) is 26.5. The molecule has 0 saturated heterocycles. The van der Waals surface area contributed by atoms with Gasteiger partial charge in [-0.15, -0.1) is 11.3 Å². The van der Waals surface area contributed by atoms with Crippen LogP contribution < -0.4 is 29.2 Å². The van der Waals surface area contributed by atoms with Gasteiger partial charge in [0.05, 0.1) is 19.9 Å². The molecule has 1 aromatic heterocycles. The summed E-state index contributed by atoms with van der Waals surface area (Å²) in [6.07, 6.45) is 4.25. The Balaban J connectivity index is 1.56. The first kappa shape index (κ1) is 25.9. The molecule has 1 aliphatic carbocycles. The number of nitrogens with zero attached hydrogens (tertiary/aromatic N) is 1. The van der Waals surface area contributed by atoms with Crippen molar-refractivity contribution in [1.82, 2.24) is 5.32 Å². The number of hydrogen-bond donors (Lipinski definition) is 1. The molecular formula is C29H32N2O6S. The van der Waals surface area contributed by atoms with Crippen molar-refractivity contribution in [2.45, 2.75) is 50.3 Å². The molecule has 0 spiro atoms. The fraction of sp³-hybridized carbons (Fsp3) is 0.379. The van der Waals surface area contributed by atoms with E-state index < -0.39 is 18.1 Å². The van der Waals surface area contributed by atoms with E-state index in [-0.39, 0.29) is 18.6 Å². The van der Waals surface area contributed by atoms with Gasteiger partial charge in [0.25, 0.3) is 5.91 Å². The van der Waals surface area contributed by atoms with Crippen LogP contribution >= 0.6 is 11.3 Å². The third-order valence-corrected chi connectivity index (χ3v) is 7.83. The summed E-state index contributed by atoms with van der Waals surface area (Å²) >= 11 is 1.43. The van der Waals surface area contributed by atoms with Crippen LogP contribution in [0.3, 0.4) is 0 Å². The topological polar surface area (TPSA) is 86.3 Å². The third kappa shape index (κ3) is 5.57. The number of para-hydroxylation sites is 2. The van der Waals surface area contributed by atoms with Gasteiger partial charge in [0.1, 0.15) is 24.1 Å². The second-order valence-electron chi connectivity index (χ2n) is 9.40. The van der Waals surface area contributed by atoms with Crippen molar-refractivity contribution < 1.29 is 28.5 Å². The maximum absolute atomic E-state index is 14.3. The van der Waals surface area contributed by atoms with Crippen LogP contribution in [-0.4, -0.2) is 44.8 Å². The molecule has 1 fully saturated rings. The van der Waals surface area contributed by atoms with Crippen LogP contribution in [0.2, 0.25) is 0 Å². The Morgan fingerprint density at radius 2 is 1.68 bits per heavy atom. The fourth-order valence-electron chi connectivity index (χ4n) is 4.98. The first-order valence-electron chi connectivity index (χ1n) is 12.9. The van der Waals surface area contributed by atoms with E-state index >= 15 is 0 Å². The average Bonchev–Trinajstić information content (AvgIpc) is 3.49. The number of rotatable bonds is 8. The van der Waals surface area contributed by atoms with Crippen molar-refractivity contribution in [3.05, 3.63) is 64.9 Å². The van der Waals surface area contributed by atoms with Crippen LogP contribution in [0.4, 0.5) is 5.69 Å². The molecule has 1 saturated carbocycles. The molecule has 2 heterocycles. The van der Waals surface area contributed by atoms with Crippen LogP contribution in [0.25, 0.3) is 0 Å². The Labute approximate surface area is 226 Å². The summed E-state index contributed by atoms with van der Waals surface area (Å²) < 4.78 is 23.0. The molecule has 5 rings (SSSR count). The standard InChI is InChI=1S/C29H32N2O6S/c1-34-21-15-20(16-22(17-21)35-2)31(29(33)25-18-36-23-11-6-7-12-24(23)37-25)27(26-13-8-14-38-26)28(32)30-19-9-4-3-5-10-19/h6-8,11-17,19,25,27H,3-5,9-10,18H2,1-2H3,(H,30,32)/t25-,27-/m0/s1. The number of nitrogens with one attached hydrogen (secondary N) is 1. The zero-order valence-corrected chi connectivity index (χ0v) is 22.4.